The van der Waals surface area contributed by atoms with E-state index < -0.39 is 6.10 Å². The van der Waals surface area contributed by atoms with Gasteiger partial charge in [-0.25, -0.2) is 0 Å². The number of anilines is 4. The van der Waals surface area contributed by atoms with E-state index in [1.54, 1.807) is 4.90 Å². The van der Waals surface area contributed by atoms with Gasteiger partial charge in [0.1, 0.15) is 36.1 Å². The molecule has 1 atom stereocenters. The molecule has 38 heavy (non-hydrogen) atoms. The van der Waals surface area contributed by atoms with Crippen molar-refractivity contribution in [3.63, 3.8) is 0 Å². The fourth-order valence-electron chi connectivity index (χ4n) is 4.49. The van der Waals surface area contributed by atoms with Crippen molar-refractivity contribution >= 4 is 28.7 Å². The Kier molecular flexibility index (Phi) is 8.72. The van der Waals surface area contributed by atoms with Gasteiger partial charge in [-0.05, 0) is 29.8 Å². The second kappa shape index (κ2) is 12.7. The smallest absolute Gasteiger partial charge is 0.265 e. The van der Waals surface area contributed by atoms with Crippen LogP contribution in [-0.2, 0) is 23.7 Å². The number of nitrogens with zero attached hydrogens (tertiary/aromatic N) is 1. The van der Waals surface area contributed by atoms with Crippen LogP contribution in [0.15, 0.2) is 66.7 Å². The topological polar surface area (TPSA) is 87.7 Å². The molecule has 2 aliphatic rings. The molecular formula is C29H32N2O7. The van der Waals surface area contributed by atoms with E-state index in [1.807, 2.05) is 66.7 Å². The molecule has 0 aliphatic carbocycles. The Hall–Kier alpha value is -3.63. The van der Waals surface area contributed by atoms with E-state index in [0.717, 1.165) is 5.56 Å². The highest BCUT2D eigenvalue weighted by atomic mass is 16.6. The summed E-state index contributed by atoms with van der Waals surface area (Å²) in [6.45, 7) is 3.31. The van der Waals surface area contributed by atoms with Crippen LogP contribution >= 0.6 is 0 Å². The molecule has 0 spiro atoms. The molecule has 200 valence electrons. The van der Waals surface area contributed by atoms with Crippen LogP contribution in [0, 0.1) is 0 Å². The van der Waals surface area contributed by atoms with Crippen LogP contribution in [-0.4, -0.2) is 65.9 Å². The molecule has 3 aromatic carbocycles. The SMILES string of the molecule is CO[C@@H](C(=O)N1c2cccc3c2Nc2cccc(c21)OCCOCCOCCOCCO3)c1ccccc1. The van der Waals surface area contributed by atoms with Crippen molar-refractivity contribution in [1.29, 1.82) is 0 Å². The van der Waals surface area contributed by atoms with Crippen LogP contribution in [0.2, 0.25) is 0 Å². The van der Waals surface area contributed by atoms with Crippen LogP contribution < -0.4 is 19.7 Å². The van der Waals surface area contributed by atoms with E-state index in [-0.39, 0.29) is 5.91 Å². The van der Waals surface area contributed by atoms with Gasteiger partial charge in [-0.2, -0.15) is 0 Å². The molecule has 2 heterocycles. The highest BCUT2D eigenvalue weighted by Gasteiger charge is 2.36. The Balaban J connectivity index is 1.56. The minimum absolute atomic E-state index is 0.251. The summed E-state index contributed by atoms with van der Waals surface area (Å²) in [6, 6.07) is 20.7. The summed E-state index contributed by atoms with van der Waals surface area (Å²) in [5.74, 6) is 0.907. The van der Waals surface area contributed by atoms with Gasteiger partial charge < -0.3 is 33.7 Å². The molecule has 9 nitrogen and oxygen atoms in total. The average Bonchev–Trinajstić information content (AvgIpc) is 2.95. The predicted octanol–water partition coefficient (Wildman–Crippen LogP) is 4.62. The maximum Gasteiger partial charge on any atom is 0.265 e. The first-order chi connectivity index (χ1) is 18.8. The second-order valence-corrected chi connectivity index (χ2v) is 8.66. The number of carbonyl (C=O) groups is 1. The number of nitrogens with one attached hydrogen (secondary N) is 1. The standard InChI is InChI=1S/C29H32N2O7/c1-33-28(21-7-3-2-4-8-21)29(32)31-23-10-6-11-24-26(23)30-22-9-5-12-25(27(22)31)38-20-18-36-16-14-34-13-15-35-17-19-37-24/h2-12,28,30H,13-20H2,1H3/t28-/m1/s1. The third-order valence-electron chi connectivity index (χ3n) is 6.22. The third kappa shape index (κ3) is 5.76. The van der Waals surface area contributed by atoms with E-state index in [1.165, 1.54) is 7.11 Å². The Morgan fingerprint density at radius 1 is 0.763 bits per heavy atom. The molecule has 1 N–H and O–H groups in total. The van der Waals surface area contributed by atoms with Crippen LogP contribution in [0.4, 0.5) is 22.7 Å². The molecule has 0 unspecified atom stereocenters. The molecule has 0 radical (unpaired) electrons. The maximum atomic E-state index is 14.3. The molecule has 0 saturated carbocycles. The van der Waals surface area contributed by atoms with Gasteiger partial charge in [-0.1, -0.05) is 42.5 Å². The highest BCUT2D eigenvalue weighted by Crippen LogP contribution is 2.52. The van der Waals surface area contributed by atoms with Crippen molar-refractivity contribution in [1.82, 2.24) is 0 Å². The van der Waals surface area contributed by atoms with Crippen LogP contribution in [0.25, 0.3) is 0 Å². The lowest BCUT2D eigenvalue weighted by molar-refractivity contribution is -0.127. The Morgan fingerprint density at radius 3 is 2.05 bits per heavy atom. The Morgan fingerprint density at radius 2 is 1.37 bits per heavy atom. The van der Waals surface area contributed by atoms with Gasteiger partial charge in [0, 0.05) is 7.11 Å². The lowest BCUT2D eigenvalue weighted by Gasteiger charge is -2.36. The largest absolute Gasteiger partial charge is 0.489 e. The van der Waals surface area contributed by atoms with E-state index in [2.05, 4.69) is 5.32 Å². The molecule has 0 aromatic heterocycles. The second-order valence-electron chi connectivity index (χ2n) is 8.66. The van der Waals surface area contributed by atoms with Crippen molar-refractivity contribution in [2.45, 2.75) is 6.10 Å². The van der Waals surface area contributed by atoms with Gasteiger partial charge in [0.05, 0.1) is 51.0 Å². The summed E-state index contributed by atoms with van der Waals surface area (Å²) in [6.07, 6.45) is -0.828. The number of ether oxygens (including phenoxy) is 6. The molecule has 3 aromatic rings. The van der Waals surface area contributed by atoms with Crippen molar-refractivity contribution < 1.29 is 33.2 Å². The minimum Gasteiger partial charge on any atom is -0.489 e. The number of amides is 1. The molecule has 5 rings (SSSR count). The van der Waals surface area contributed by atoms with Gasteiger partial charge in [-0.3, -0.25) is 9.69 Å². The number of methoxy groups -OCH3 is 1. The summed E-state index contributed by atoms with van der Waals surface area (Å²) < 4.78 is 34.8. The number of carbonyl (C=O) groups excluding carboxylic acids is 1. The Labute approximate surface area is 222 Å². The number of hydrogen-bond donors (Lipinski definition) is 1. The molecule has 9 heteroatoms. The zero-order chi connectivity index (χ0) is 26.2. The first kappa shape index (κ1) is 26.0. The molecule has 4 bridgehead atoms. The zero-order valence-corrected chi connectivity index (χ0v) is 21.4. The van der Waals surface area contributed by atoms with Gasteiger partial charge in [0.25, 0.3) is 5.91 Å². The van der Waals surface area contributed by atoms with E-state index in [9.17, 15) is 4.79 Å². The molecule has 1 amide bonds. The third-order valence-corrected chi connectivity index (χ3v) is 6.22. The van der Waals surface area contributed by atoms with Gasteiger partial charge >= 0.3 is 0 Å². The molecular weight excluding hydrogens is 488 g/mol. The first-order valence-corrected chi connectivity index (χ1v) is 12.7. The van der Waals surface area contributed by atoms with Crippen LogP contribution in [0.5, 0.6) is 11.5 Å². The lowest BCUT2D eigenvalue weighted by atomic mass is 10.0. The monoisotopic (exact) mass is 520 g/mol. The van der Waals surface area contributed by atoms with Crippen molar-refractivity contribution in [2.75, 3.05) is 70.2 Å². The van der Waals surface area contributed by atoms with E-state index >= 15 is 0 Å². The summed E-state index contributed by atoms with van der Waals surface area (Å²) in [7, 11) is 1.54. The molecule has 0 saturated heterocycles. The summed E-state index contributed by atoms with van der Waals surface area (Å²) in [4.78, 5) is 15.9. The number of rotatable bonds is 3. The summed E-state index contributed by atoms with van der Waals surface area (Å²) in [5, 5.41) is 3.46. The maximum absolute atomic E-state index is 14.3. The van der Waals surface area contributed by atoms with Gasteiger partial charge in [0.15, 0.2) is 6.10 Å². The van der Waals surface area contributed by atoms with Crippen molar-refractivity contribution in [2.24, 2.45) is 0 Å². The lowest BCUT2D eigenvalue weighted by Crippen LogP contribution is -2.35. The fraction of sp³-hybridized carbons (Fsp3) is 0.345. The first-order valence-electron chi connectivity index (χ1n) is 12.7. The van der Waals surface area contributed by atoms with Crippen LogP contribution in [0.1, 0.15) is 11.7 Å². The van der Waals surface area contributed by atoms with E-state index in [0.29, 0.717) is 87.1 Å². The minimum atomic E-state index is -0.828. The Bertz CT molecular complexity index is 1220. The number of para-hydroxylation sites is 2. The zero-order valence-electron chi connectivity index (χ0n) is 21.4. The number of benzene rings is 3. The normalized spacial score (nSPS) is 17.1. The number of hydrogen-bond acceptors (Lipinski definition) is 8. The van der Waals surface area contributed by atoms with E-state index in [4.69, 9.17) is 28.4 Å². The molecule has 0 fully saturated rings. The van der Waals surface area contributed by atoms with Gasteiger partial charge in [-0.15, -0.1) is 0 Å². The highest BCUT2D eigenvalue weighted by molar-refractivity contribution is 6.13. The summed E-state index contributed by atoms with van der Waals surface area (Å²) >= 11 is 0. The quantitative estimate of drug-likeness (QED) is 0.536. The van der Waals surface area contributed by atoms with Crippen molar-refractivity contribution in [3.05, 3.63) is 72.3 Å². The van der Waals surface area contributed by atoms with Crippen molar-refractivity contribution in [3.8, 4) is 11.5 Å². The van der Waals surface area contributed by atoms with Gasteiger partial charge in [0.2, 0.25) is 0 Å². The average molecular weight is 521 g/mol. The van der Waals surface area contributed by atoms with Crippen LogP contribution in [0.3, 0.4) is 0 Å². The summed E-state index contributed by atoms with van der Waals surface area (Å²) in [5.41, 5.74) is 3.39. The predicted molar refractivity (Wildman–Crippen MR) is 143 cm³/mol. The fourth-order valence-corrected chi connectivity index (χ4v) is 4.49. The molecule has 2 aliphatic heterocycles.